The van der Waals surface area contributed by atoms with Crippen LogP contribution in [0.4, 0.5) is 34.1 Å². The van der Waals surface area contributed by atoms with Gasteiger partial charge in [-0.3, -0.25) is 0 Å². The minimum Gasteiger partial charge on any atom is -0.310 e. The number of fused-ring (bicyclic) bond motifs is 6. The van der Waals surface area contributed by atoms with Gasteiger partial charge < -0.3 is 9.80 Å². The average molecular weight is 1070 g/mol. The molecule has 0 bridgehead atoms. The third-order valence-electron chi connectivity index (χ3n) is 18.6. The second kappa shape index (κ2) is 19.2. The highest BCUT2D eigenvalue weighted by molar-refractivity contribution is 6.28. The number of rotatable bonds is 10. The molecule has 0 radical (unpaired) electrons. The first-order valence-electron chi connectivity index (χ1n) is 29.5. The second-order valence-electron chi connectivity index (χ2n) is 23.5. The van der Waals surface area contributed by atoms with Crippen molar-refractivity contribution in [2.45, 2.75) is 38.5 Å². The molecule has 0 saturated heterocycles. The number of anilines is 6. The molecule has 0 unspecified atom stereocenters. The normalized spacial score (nSPS) is 13.4. The van der Waals surface area contributed by atoms with Crippen molar-refractivity contribution < 1.29 is 0 Å². The minimum atomic E-state index is -0.551. The van der Waals surface area contributed by atoms with Crippen molar-refractivity contribution in [2.24, 2.45) is 0 Å². The quantitative estimate of drug-likeness (QED) is 0.126. The van der Waals surface area contributed by atoms with E-state index in [2.05, 4.69) is 329 Å². The van der Waals surface area contributed by atoms with Crippen molar-refractivity contribution in [1.29, 1.82) is 0 Å². The molecule has 0 N–H and O–H groups in total. The van der Waals surface area contributed by atoms with Gasteiger partial charge in [0, 0.05) is 33.5 Å². The van der Waals surface area contributed by atoms with Gasteiger partial charge >= 0.3 is 0 Å². The lowest BCUT2D eigenvalue weighted by molar-refractivity contribution is 0.768. The molecule has 0 aliphatic heterocycles. The van der Waals surface area contributed by atoms with Gasteiger partial charge in [-0.1, -0.05) is 242 Å². The van der Waals surface area contributed by atoms with Crippen LogP contribution in [0.15, 0.2) is 291 Å². The predicted molar refractivity (Wildman–Crippen MR) is 353 cm³/mol. The second-order valence-corrected chi connectivity index (χ2v) is 23.5. The highest BCUT2D eigenvalue weighted by Crippen LogP contribution is 2.59. The van der Waals surface area contributed by atoms with E-state index in [1.165, 1.54) is 121 Å². The molecule has 0 aromatic heterocycles. The minimum absolute atomic E-state index is 0.551. The molecule has 2 aliphatic rings. The number of nitrogens with zero attached hydrogens (tertiary/aromatic N) is 2. The van der Waals surface area contributed by atoms with E-state index in [1.54, 1.807) is 0 Å². The van der Waals surface area contributed by atoms with Crippen molar-refractivity contribution in [3.63, 3.8) is 0 Å². The molecule has 0 amide bonds. The highest BCUT2D eigenvalue weighted by Gasteiger charge is 2.48. The number of aryl methyl sites for hydroxylation is 4. The van der Waals surface area contributed by atoms with E-state index in [1.807, 2.05) is 0 Å². The summed E-state index contributed by atoms with van der Waals surface area (Å²) in [6, 6.07) is 110. The van der Waals surface area contributed by atoms with E-state index in [4.69, 9.17) is 0 Å². The van der Waals surface area contributed by atoms with Crippen LogP contribution in [-0.4, -0.2) is 0 Å². The number of hydrogen-bond donors (Lipinski definition) is 0. The van der Waals surface area contributed by atoms with Crippen LogP contribution in [0.5, 0.6) is 0 Å². The molecule has 2 aliphatic carbocycles. The molecule has 14 aromatic carbocycles. The van der Waals surface area contributed by atoms with Crippen LogP contribution >= 0.6 is 0 Å². The molecule has 398 valence electrons. The monoisotopic (exact) mass is 1070 g/mol. The molecular weight excluding hydrogens is 1010 g/mol. The SMILES string of the molecule is Cc1ccc(C2(c3cccc(N(c4cccc(C)c4)c4ccc5ccc6c(N(c7cccc(C)c7)c7cccc(C8(c9ccc(C)cc9)c9ccccc9-c9ccccc98)c7)ccc7ccc4c5c76)c3)c3ccccc3-c3ccccc32)cc1. The summed E-state index contributed by atoms with van der Waals surface area (Å²) in [5.74, 6) is 0. The Morgan fingerprint density at radius 3 is 0.917 bits per heavy atom. The third kappa shape index (κ3) is 7.30. The molecule has 0 saturated carbocycles. The topological polar surface area (TPSA) is 6.48 Å². The average Bonchev–Trinajstić information content (AvgIpc) is 1.67. The molecule has 2 nitrogen and oxygen atoms in total. The molecular formula is C82H60N2. The summed E-state index contributed by atoms with van der Waals surface area (Å²) < 4.78 is 0. The van der Waals surface area contributed by atoms with Crippen molar-refractivity contribution in [3.8, 4) is 22.3 Å². The Balaban J connectivity index is 0.908. The first kappa shape index (κ1) is 49.5. The molecule has 14 aromatic rings. The lowest BCUT2D eigenvalue weighted by atomic mass is 9.67. The van der Waals surface area contributed by atoms with E-state index < -0.39 is 10.8 Å². The van der Waals surface area contributed by atoms with Gasteiger partial charge in [0.05, 0.1) is 22.2 Å². The largest absolute Gasteiger partial charge is 0.310 e. The number of benzene rings is 14. The Kier molecular flexibility index (Phi) is 11.3. The van der Waals surface area contributed by atoms with E-state index >= 15 is 0 Å². The van der Waals surface area contributed by atoms with Gasteiger partial charge in [-0.05, 0) is 188 Å². The summed E-state index contributed by atoms with van der Waals surface area (Å²) in [5.41, 5.74) is 25.8. The van der Waals surface area contributed by atoms with Crippen LogP contribution < -0.4 is 9.80 Å². The smallest absolute Gasteiger partial charge is 0.0714 e. The molecule has 0 fully saturated rings. The summed E-state index contributed by atoms with van der Waals surface area (Å²) in [6.07, 6.45) is 0. The van der Waals surface area contributed by atoms with Gasteiger partial charge in [0.1, 0.15) is 0 Å². The molecule has 0 spiro atoms. The van der Waals surface area contributed by atoms with Crippen LogP contribution in [0.3, 0.4) is 0 Å². The van der Waals surface area contributed by atoms with Crippen LogP contribution in [0.1, 0.15) is 66.8 Å². The summed E-state index contributed by atoms with van der Waals surface area (Å²) in [4.78, 5) is 5.01. The molecule has 84 heavy (non-hydrogen) atoms. The fourth-order valence-electron chi connectivity index (χ4n) is 15.0. The molecule has 16 rings (SSSR count). The lowest BCUT2D eigenvalue weighted by Gasteiger charge is -2.35. The summed E-state index contributed by atoms with van der Waals surface area (Å²) in [5, 5.41) is 7.32. The zero-order chi connectivity index (χ0) is 56.3. The van der Waals surface area contributed by atoms with Gasteiger partial charge in [0.2, 0.25) is 0 Å². The van der Waals surface area contributed by atoms with E-state index in [0.29, 0.717) is 0 Å². The van der Waals surface area contributed by atoms with E-state index in [-0.39, 0.29) is 0 Å². The summed E-state index contributed by atoms with van der Waals surface area (Å²) in [6.45, 7) is 8.76. The van der Waals surface area contributed by atoms with Crippen LogP contribution in [0.25, 0.3) is 54.6 Å². The Morgan fingerprint density at radius 1 is 0.238 bits per heavy atom. The van der Waals surface area contributed by atoms with Crippen molar-refractivity contribution in [3.05, 3.63) is 358 Å². The standard InChI is InChI=1S/C82H60N2/c1-53-33-41-59(42-34-53)81(73-29-9-5-25-67(73)68-26-6-10-30-74(68)81)61-19-15-23-65(51-61)83(63-21-13-17-55(3)49-63)77-47-39-57-38-46-72-78(48-40-58-37-45-71(77)79(57)80(58)72)84(64-22-14-18-56(4)50-64)66-24-16-20-62(52-66)82(60-43-35-54(2)36-44-60)75-31-11-7-27-69(75)70-28-8-12-32-76(70)82/h5-52H,1-4H3. The molecule has 2 heteroatoms. The van der Waals surface area contributed by atoms with E-state index in [9.17, 15) is 0 Å². The van der Waals surface area contributed by atoms with Crippen LogP contribution in [0, 0.1) is 27.7 Å². The van der Waals surface area contributed by atoms with Crippen molar-refractivity contribution in [2.75, 3.05) is 9.80 Å². The first-order chi connectivity index (χ1) is 41.3. The maximum Gasteiger partial charge on any atom is 0.0714 e. The maximum absolute atomic E-state index is 2.51. The Labute approximate surface area is 492 Å². The van der Waals surface area contributed by atoms with Gasteiger partial charge in [0.25, 0.3) is 0 Å². The first-order valence-corrected chi connectivity index (χ1v) is 29.5. The fraction of sp³-hybridized carbons (Fsp3) is 0.0732. The van der Waals surface area contributed by atoms with Gasteiger partial charge in [-0.25, -0.2) is 0 Å². The molecule has 0 atom stereocenters. The summed E-state index contributed by atoms with van der Waals surface area (Å²) >= 11 is 0. The van der Waals surface area contributed by atoms with Crippen LogP contribution in [-0.2, 0) is 10.8 Å². The van der Waals surface area contributed by atoms with Crippen LogP contribution in [0.2, 0.25) is 0 Å². The Bertz CT molecular complexity index is 4510. The lowest BCUT2D eigenvalue weighted by Crippen LogP contribution is -2.29. The van der Waals surface area contributed by atoms with E-state index in [0.717, 1.165) is 34.1 Å². The fourth-order valence-corrected chi connectivity index (χ4v) is 15.0. The van der Waals surface area contributed by atoms with Gasteiger partial charge in [0.15, 0.2) is 0 Å². The van der Waals surface area contributed by atoms with Gasteiger partial charge in [-0.2, -0.15) is 0 Å². The van der Waals surface area contributed by atoms with Crippen molar-refractivity contribution >= 4 is 66.4 Å². The highest BCUT2D eigenvalue weighted by atomic mass is 15.2. The zero-order valence-electron chi connectivity index (χ0n) is 47.6. The summed E-state index contributed by atoms with van der Waals surface area (Å²) in [7, 11) is 0. The number of hydrogen-bond acceptors (Lipinski definition) is 2. The molecule has 0 heterocycles. The van der Waals surface area contributed by atoms with Gasteiger partial charge in [-0.15, -0.1) is 0 Å². The zero-order valence-corrected chi connectivity index (χ0v) is 47.6. The third-order valence-corrected chi connectivity index (χ3v) is 18.6. The van der Waals surface area contributed by atoms with Crippen molar-refractivity contribution in [1.82, 2.24) is 0 Å². The Hall–Kier alpha value is -10.3. The predicted octanol–water partition coefficient (Wildman–Crippen LogP) is 21.5. The maximum atomic E-state index is 2.51. The Morgan fingerprint density at radius 2 is 0.560 bits per heavy atom.